The maximum Gasteiger partial charge on any atom is 0.306 e. The van der Waals surface area contributed by atoms with Crippen molar-refractivity contribution in [2.24, 2.45) is 0 Å². The van der Waals surface area contributed by atoms with Crippen molar-refractivity contribution in [1.82, 2.24) is 5.32 Å². The van der Waals surface area contributed by atoms with Crippen LogP contribution in [0.3, 0.4) is 0 Å². The summed E-state index contributed by atoms with van der Waals surface area (Å²) in [5, 5.41) is 23.8. The average molecular weight is 852 g/mol. The summed E-state index contributed by atoms with van der Waals surface area (Å²) in [4.78, 5) is 26.1. The van der Waals surface area contributed by atoms with E-state index in [2.05, 4.69) is 44.3 Å². The first-order valence-corrected chi connectivity index (χ1v) is 25.7. The molecule has 3 N–H and O–H groups in total. The summed E-state index contributed by atoms with van der Waals surface area (Å²) >= 11 is 0. The van der Waals surface area contributed by atoms with Crippen molar-refractivity contribution in [3.05, 3.63) is 72.9 Å². The fraction of sp³-hybridized carbons (Fsp3) is 0.745. The number of hydrogen-bond acceptors (Lipinski definition) is 5. The molecule has 6 nitrogen and oxygen atoms in total. The summed E-state index contributed by atoms with van der Waals surface area (Å²) in [5.41, 5.74) is 0. The van der Waals surface area contributed by atoms with Gasteiger partial charge in [-0.15, -0.1) is 0 Å². The van der Waals surface area contributed by atoms with Crippen molar-refractivity contribution in [3.63, 3.8) is 0 Å². The Hall–Kier alpha value is -2.70. The van der Waals surface area contributed by atoms with Crippen LogP contribution < -0.4 is 5.32 Å². The van der Waals surface area contributed by atoms with E-state index in [4.69, 9.17) is 4.74 Å². The first kappa shape index (κ1) is 58.3. The Balaban J connectivity index is 4.53. The number of carbonyl (C=O) groups is 2. The van der Waals surface area contributed by atoms with E-state index in [1.807, 2.05) is 54.7 Å². The SMILES string of the molecule is CC\C=C/C=C/C=C/C=C\C=C\C=C\CCCCCC(=O)OC(CCCCCCCCCCC)CC(=O)NC(CO)C(O)CCCCCCCCCCCCCCCCCC. The van der Waals surface area contributed by atoms with Crippen LogP contribution in [0.15, 0.2) is 72.9 Å². The number of aliphatic hydroxyl groups is 2. The minimum atomic E-state index is -0.796. The molecule has 0 aromatic rings. The lowest BCUT2D eigenvalue weighted by molar-refractivity contribution is -0.151. The van der Waals surface area contributed by atoms with Crippen LogP contribution in [-0.2, 0) is 14.3 Å². The van der Waals surface area contributed by atoms with Crippen molar-refractivity contribution in [3.8, 4) is 0 Å². The van der Waals surface area contributed by atoms with Crippen molar-refractivity contribution in [2.45, 2.75) is 257 Å². The van der Waals surface area contributed by atoms with Crippen LogP contribution in [0.1, 0.15) is 239 Å². The van der Waals surface area contributed by atoms with E-state index in [9.17, 15) is 19.8 Å². The third kappa shape index (κ3) is 43.7. The maximum atomic E-state index is 13.2. The van der Waals surface area contributed by atoms with Crippen LogP contribution in [0.25, 0.3) is 0 Å². The lowest BCUT2D eigenvalue weighted by Gasteiger charge is -2.24. The third-order valence-electron chi connectivity index (χ3n) is 11.5. The molecule has 1 amide bonds. The van der Waals surface area contributed by atoms with Gasteiger partial charge in [0.2, 0.25) is 5.91 Å². The quantitative estimate of drug-likeness (QED) is 0.0322. The number of amides is 1. The standard InChI is InChI=1S/C55H97NO5/c1-4-7-10-13-16-19-21-23-25-27-29-31-33-36-39-42-45-48-55(60)61-51(46-43-40-37-34-18-15-12-9-6-3)49-54(59)56-52(50-57)53(58)47-44-41-38-35-32-30-28-26-24-22-20-17-14-11-8-5-2/h7,10,13,16,19,21,23,25,27,29,31,33,51-53,57-58H,4-6,8-9,11-12,14-15,17-18,20,22,24,26,28,30,32,34-50H2,1-3H3,(H,56,59)/b10-7-,16-13+,21-19+,25-23-,29-27+,33-31+. The average Bonchev–Trinajstić information content (AvgIpc) is 3.25. The molecule has 0 aliphatic rings. The zero-order chi connectivity index (χ0) is 44.5. The molecule has 0 radical (unpaired) electrons. The van der Waals surface area contributed by atoms with Gasteiger partial charge in [-0.2, -0.15) is 0 Å². The molecule has 0 aliphatic carbocycles. The molecular weight excluding hydrogens is 755 g/mol. The molecular formula is C55H97NO5. The molecule has 0 saturated carbocycles. The van der Waals surface area contributed by atoms with Gasteiger partial charge < -0.3 is 20.3 Å². The molecule has 0 bridgehead atoms. The highest BCUT2D eigenvalue weighted by Gasteiger charge is 2.24. The number of unbranched alkanes of at least 4 members (excludes halogenated alkanes) is 26. The predicted molar refractivity (Wildman–Crippen MR) is 264 cm³/mol. The number of hydrogen-bond donors (Lipinski definition) is 3. The summed E-state index contributed by atoms with van der Waals surface area (Å²) in [7, 11) is 0. The van der Waals surface area contributed by atoms with Crippen molar-refractivity contribution in [1.29, 1.82) is 0 Å². The highest BCUT2D eigenvalue weighted by Crippen LogP contribution is 2.18. The van der Waals surface area contributed by atoms with Gasteiger partial charge in [-0.3, -0.25) is 9.59 Å². The Bertz CT molecular complexity index is 1140. The summed E-state index contributed by atoms with van der Waals surface area (Å²) in [6.45, 7) is 6.32. The summed E-state index contributed by atoms with van der Waals surface area (Å²) < 4.78 is 5.90. The number of aliphatic hydroxyl groups excluding tert-OH is 2. The van der Waals surface area contributed by atoms with E-state index in [0.29, 0.717) is 19.3 Å². The summed E-state index contributed by atoms with van der Waals surface area (Å²) in [5.74, 6) is -0.526. The van der Waals surface area contributed by atoms with Crippen molar-refractivity contribution in [2.75, 3.05) is 6.61 Å². The van der Waals surface area contributed by atoms with E-state index >= 15 is 0 Å². The normalized spacial score (nSPS) is 13.9. The summed E-state index contributed by atoms with van der Waals surface area (Å²) in [6, 6.07) is -0.711. The number of carbonyl (C=O) groups excluding carboxylic acids is 2. The van der Waals surface area contributed by atoms with E-state index in [0.717, 1.165) is 70.6 Å². The Labute approximate surface area is 377 Å². The Kier molecular flexibility index (Phi) is 46.2. The zero-order valence-electron chi connectivity index (χ0n) is 40.0. The molecule has 61 heavy (non-hydrogen) atoms. The van der Waals surface area contributed by atoms with Gasteiger partial charge in [-0.25, -0.2) is 0 Å². The van der Waals surface area contributed by atoms with E-state index in [1.54, 1.807) is 0 Å². The Morgan fingerprint density at radius 3 is 1.33 bits per heavy atom. The summed E-state index contributed by atoms with van der Waals surface area (Å²) in [6.07, 6.45) is 61.0. The van der Waals surface area contributed by atoms with Crippen LogP contribution in [0.2, 0.25) is 0 Å². The minimum Gasteiger partial charge on any atom is -0.462 e. The predicted octanol–water partition coefficient (Wildman–Crippen LogP) is 15.4. The van der Waals surface area contributed by atoms with Gasteiger partial charge in [0.25, 0.3) is 0 Å². The first-order valence-electron chi connectivity index (χ1n) is 25.7. The van der Waals surface area contributed by atoms with Crippen molar-refractivity contribution >= 4 is 11.9 Å². The second-order valence-corrected chi connectivity index (χ2v) is 17.4. The molecule has 0 aliphatic heterocycles. The van der Waals surface area contributed by atoms with E-state index in [-0.39, 0.29) is 24.9 Å². The molecule has 0 aromatic carbocycles. The van der Waals surface area contributed by atoms with Crippen molar-refractivity contribution < 1.29 is 24.5 Å². The number of rotatable bonds is 45. The van der Waals surface area contributed by atoms with Crippen LogP contribution in [0.4, 0.5) is 0 Å². The smallest absolute Gasteiger partial charge is 0.306 e. The molecule has 6 heteroatoms. The fourth-order valence-electron chi connectivity index (χ4n) is 7.58. The number of nitrogens with one attached hydrogen (secondary N) is 1. The van der Waals surface area contributed by atoms with Gasteiger partial charge in [-0.1, -0.05) is 254 Å². The molecule has 0 heterocycles. The van der Waals surface area contributed by atoms with E-state index in [1.165, 1.54) is 122 Å². The Morgan fingerprint density at radius 2 is 0.885 bits per heavy atom. The van der Waals surface area contributed by atoms with Gasteiger partial charge >= 0.3 is 5.97 Å². The lowest BCUT2D eigenvalue weighted by atomic mass is 10.0. The van der Waals surface area contributed by atoms with Gasteiger partial charge in [0.1, 0.15) is 6.10 Å². The minimum absolute atomic E-state index is 0.0580. The lowest BCUT2D eigenvalue weighted by Crippen LogP contribution is -2.46. The monoisotopic (exact) mass is 852 g/mol. The molecule has 0 rings (SSSR count). The molecule has 3 atom stereocenters. The second kappa shape index (κ2) is 48.3. The van der Waals surface area contributed by atoms with Crippen LogP contribution in [0.5, 0.6) is 0 Å². The first-order chi connectivity index (χ1) is 30.0. The molecule has 0 fully saturated rings. The molecule has 3 unspecified atom stereocenters. The molecule has 0 spiro atoms. The number of esters is 1. The molecule has 352 valence electrons. The number of allylic oxidation sites excluding steroid dienone is 12. The van der Waals surface area contributed by atoms with E-state index < -0.39 is 18.2 Å². The fourth-order valence-corrected chi connectivity index (χ4v) is 7.58. The highest BCUT2D eigenvalue weighted by molar-refractivity contribution is 5.77. The maximum absolute atomic E-state index is 13.2. The highest BCUT2D eigenvalue weighted by atomic mass is 16.5. The third-order valence-corrected chi connectivity index (χ3v) is 11.5. The topological polar surface area (TPSA) is 95.9 Å². The largest absolute Gasteiger partial charge is 0.462 e. The molecule has 0 saturated heterocycles. The van der Waals surface area contributed by atoms with Crippen LogP contribution in [0, 0.1) is 0 Å². The Morgan fingerprint density at radius 1 is 0.492 bits per heavy atom. The van der Waals surface area contributed by atoms with Crippen LogP contribution >= 0.6 is 0 Å². The molecule has 0 aromatic heterocycles. The van der Waals surface area contributed by atoms with Gasteiger partial charge in [-0.05, 0) is 44.9 Å². The number of ether oxygens (including phenoxy) is 1. The van der Waals surface area contributed by atoms with Gasteiger partial charge in [0.05, 0.1) is 25.2 Å². The van der Waals surface area contributed by atoms with Crippen LogP contribution in [-0.4, -0.2) is 46.9 Å². The second-order valence-electron chi connectivity index (χ2n) is 17.4. The van der Waals surface area contributed by atoms with Gasteiger partial charge in [0, 0.05) is 6.42 Å². The van der Waals surface area contributed by atoms with Gasteiger partial charge in [0.15, 0.2) is 0 Å². The zero-order valence-corrected chi connectivity index (χ0v) is 40.0.